The summed E-state index contributed by atoms with van der Waals surface area (Å²) in [6.07, 6.45) is 0.903. The average molecular weight is 266 g/mol. The van der Waals surface area contributed by atoms with Gasteiger partial charge in [-0.2, -0.15) is 4.98 Å². The second-order valence-corrected chi connectivity index (χ2v) is 4.79. The zero-order valence-corrected chi connectivity index (χ0v) is 11.8. The van der Waals surface area contributed by atoms with Crippen molar-refractivity contribution in [2.75, 3.05) is 44.0 Å². The molecule has 0 bridgehead atoms. The molecule has 6 heteroatoms. The molecule has 6 nitrogen and oxygen atoms in total. The number of hydrogen-bond donors (Lipinski definition) is 2. The van der Waals surface area contributed by atoms with Crippen LogP contribution in [0.2, 0.25) is 0 Å². The lowest BCUT2D eigenvalue weighted by Gasteiger charge is -2.26. The Morgan fingerprint density at radius 1 is 1.42 bits per heavy atom. The lowest BCUT2D eigenvalue weighted by atomic mass is 10.0. The van der Waals surface area contributed by atoms with Crippen LogP contribution in [0.1, 0.15) is 19.0 Å². The molecule has 1 aromatic rings. The normalized spacial score (nSPS) is 22.5. The summed E-state index contributed by atoms with van der Waals surface area (Å²) >= 11 is 0. The van der Waals surface area contributed by atoms with E-state index >= 15 is 0 Å². The predicted molar refractivity (Wildman–Crippen MR) is 74.6 cm³/mol. The maximum absolute atomic E-state index is 5.58. The maximum Gasteiger partial charge on any atom is 0.224 e. The number of aromatic nitrogens is 2. The van der Waals surface area contributed by atoms with Crippen molar-refractivity contribution in [2.24, 2.45) is 0 Å². The van der Waals surface area contributed by atoms with Crippen molar-refractivity contribution < 1.29 is 9.47 Å². The standard InChI is InChI=1S/C13H22N4O2/c1-4-14-12-16-10(2)7-11(17-12)15-8-13(18-3)5-6-19-9-13/h7H,4-6,8-9H2,1-3H3,(H2,14,15,16,17). The topological polar surface area (TPSA) is 68.3 Å². The minimum absolute atomic E-state index is 0.239. The van der Waals surface area contributed by atoms with Crippen LogP contribution in [0.3, 0.4) is 0 Å². The molecule has 0 spiro atoms. The highest BCUT2D eigenvalue weighted by Gasteiger charge is 2.34. The van der Waals surface area contributed by atoms with Crippen molar-refractivity contribution in [3.05, 3.63) is 11.8 Å². The Bertz CT molecular complexity index is 419. The number of hydrogen-bond acceptors (Lipinski definition) is 6. The lowest BCUT2D eigenvalue weighted by Crippen LogP contribution is -2.39. The minimum Gasteiger partial charge on any atom is -0.378 e. The van der Waals surface area contributed by atoms with E-state index in [9.17, 15) is 0 Å². The lowest BCUT2D eigenvalue weighted by molar-refractivity contribution is -0.00625. The first kappa shape index (κ1) is 14.0. The molecule has 19 heavy (non-hydrogen) atoms. The summed E-state index contributed by atoms with van der Waals surface area (Å²) in [5, 5.41) is 6.44. The van der Waals surface area contributed by atoms with Crippen LogP contribution < -0.4 is 10.6 Å². The molecule has 0 aliphatic carbocycles. The molecule has 1 aliphatic rings. The van der Waals surface area contributed by atoms with Crippen LogP contribution in [0.4, 0.5) is 11.8 Å². The molecule has 1 aromatic heterocycles. The Hall–Kier alpha value is -1.40. The molecule has 106 valence electrons. The fourth-order valence-corrected chi connectivity index (χ4v) is 2.11. The van der Waals surface area contributed by atoms with E-state index in [2.05, 4.69) is 20.6 Å². The van der Waals surface area contributed by atoms with E-state index in [0.29, 0.717) is 19.1 Å². The first-order valence-corrected chi connectivity index (χ1v) is 6.64. The predicted octanol–water partition coefficient (Wildman–Crippen LogP) is 1.43. The molecular formula is C13H22N4O2. The van der Waals surface area contributed by atoms with E-state index in [1.807, 2.05) is 19.9 Å². The van der Waals surface area contributed by atoms with Gasteiger partial charge in [-0.1, -0.05) is 0 Å². The molecule has 1 atom stereocenters. The van der Waals surface area contributed by atoms with Crippen molar-refractivity contribution in [3.63, 3.8) is 0 Å². The van der Waals surface area contributed by atoms with Gasteiger partial charge >= 0.3 is 0 Å². The first-order chi connectivity index (χ1) is 9.17. The van der Waals surface area contributed by atoms with Gasteiger partial charge in [0.2, 0.25) is 5.95 Å². The number of aryl methyl sites for hydroxylation is 1. The smallest absolute Gasteiger partial charge is 0.224 e. The van der Waals surface area contributed by atoms with Gasteiger partial charge < -0.3 is 20.1 Å². The summed E-state index contributed by atoms with van der Waals surface area (Å²) in [7, 11) is 1.73. The zero-order valence-electron chi connectivity index (χ0n) is 11.8. The summed E-state index contributed by atoms with van der Waals surface area (Å²) in [6, 6.07) is 1.93. The number of ether oxygens (including phenoxy) is 2. The highest BCUT2D eigenvalue weighted by atomic mass is 16.5. The van der Waals surface area contributed by atoms with E-state index in [4.69, 9.17) is 9.47 Å². The number of anilines is 2. The maximum atomic E-state index is 5.58. The molecule has 2 N–H and O–H groups in total. The third-order valence-corrected chi connectivity index (χ3v) is 3.28. The second kappa shape index (κ2) is 6.16. The molecule has 1 saturated heterocycles. The molecule has 1 unspecified atom stereocenters. The highest BCUT2D eigenvalue weighted by Crippen LogP contribution is 2.23. The Labute approximate surface area is 113 Å². The molecule has 1 fully saturated rings. The van der Waals surface area contributed by atoms with Gasteiger partial charge in [-0.05, 0) is 13.8 Å². The van der Waals surface area contributed by atoms with Gasteiger partial charge in [0, 0.05) is 45.0 Å². The fourth-order valence-electron chi connectivity index (χ4n) is 2.11. The number of rotatable bonds is 6. The third-order valence-electron chi connectivity index (χ3n) is 3.28. The largest absolute Gasteiger partial charge is 0.378 e. The Kier molecular flexibility index (Phi) is 4.55. The van der Waals surface area contributed by atoms with Crippen LogP contribution in [0.25, 0.3) is 0 Å². The molecule has 0 aromatic carbocycles. The quantitative estimate of drug-likeness (QED) is 0.812. The minimum atomic E-state index is -0.239. The number of nitrogens with zero attached hydrogens (tertiary/aromatic N) is 2. The second-order valence-electron chi connectivity index (χ2n) is 4.79. The van der Waals surface area contributed by atoms with E-state index in [0.717, 1.165) is 31.1 Å². The molecule has 2 heterocycles. The monoisotopic (exact) mass is 266 g/mol. The van der Waals surface area contributed by atoms with E-state index in [1.54, 1.807) is 7.11 Å². The van der Waals surface area contributed by atoms with Crippen molar-refractivity contribution >= 4 is 11.8 Å². The van der Waals surface area contributed by atoms with Crippen LogP contribution >= 0.6 is 0 Å². The number of nitrogens with one attached hydrogen (secondary N) is 2. The highest BCUT2D eigenvalue weighted by molar-refractivity contribution is 5.42. The summed E-state index contributed by atoms with van der Waals surface area (Å²) < 4.78 is 11.0. The zero-order chi connectivity index (χ0) is 13.7. The van der Waals surface area contributed by atoms with Gasteiger partial charge in [-0.3, -0.25) is 0 Å². The molecule has 0 saturated carbocycles. The van der Waals surface area contributed by atoms with E-state index in [1.165, 1.54) is 0 Å². The van der Waals surface area contributed by atoms with Crippen molar-refractivity contribution in [2.45, 2.75) is 25.9 Å². The first-order valence-electron chi connectivity index (χ1n) is 6.64. The molecule has 2 rings (SSSR count). The van der Waals surface area contributed by atoms with Crippen LogP contribution in [0.5, 0.6) is 0 Å². The van der Waals surface area contributed by atoms with Gasteiger partial charge in [0.05, 0.1) is 6.61 Å². The average Bonchev–Trinajstić information content (AvgIpc) is 2.86. The van der Waals surface area contributed by atoms with E-state index < -0.39 is 0 Å². The van der Waals surface area contributed by atoms with Gasteiger partial charge in [0.1, 0.15) is 11.4 Å². The molecule has 0 radical (unpaired) electrons. The summed E-state index contributed by atoms with van der Waals surface area (Å²) in [6.45, 7) is 6.85. The van der Waals surface area contributed by atoms with Gasteiger partial charge in [0.15, 0.2) is 0 Å². The van der Waals surface area contributed by atoms with Gasteiger partial charge in [-0.25, -0.2) is 4.98 Å². The van der Waals surface area contributed by atoms with Crippen molar-refractivity contribution in [1.29, 1.82) is 0 Å². The van der Waals surface area contributed by atoms with Crippen molar-refractivity contribution in [3.8, 4) is 0 Å². The van der Waals surface area contributed by atoms with Crippen LogP contribution in [0, 0.1) is 6.92 Å². The molecule has 1 aliphatic heterocycles. The van der Waals surface area contributed by atoms with E-state index in [-0.39, 0.29) is 5.60 Å². The SMILES string of the molecule is CCNc1nc(C)cc(NCC2(OC)CCOC2)n1. The number of methoxy groups -OCH3 is 1. The van der Waals surface area contributed by atoms with Crippen molar-refractivity contribution in [1.82, 2.24) is 9.97 Å². The third kappa shape index (κ3) is 3.54. The summed E-state index contributed by atoms with van der Waals surface area (Å²) in [4.78, 5) is 8.74. The van der Waals surface area contributed by atoms with Gasteiger partial charge in [0.25, 0.3) is 0 Å². The Morgan fingerprint density at radius 3 is 2.89 bits per heavy atom. The summed E-state index contributed by atoms with van der Waals surface area (Å²) in [5.41, 5.74) is 0.694. The Balaban J connectivity index is 2.02. The van der Waals surface area contributed by atoms with Crippen LogP contribution in [0.15, 0.2) is 6.07 Å². The molecule has 0 amide bonds. The van der Waals surface area contributed by atoms with Crippen LogP contribution in [-0.2, 0) is 9.47 Å². The van der Waals surface area contributed by atoms with Gasteiger partial charge in [-0.15, -0.1) is 0 Å². The summed E-state index contributed by atoms with van der Waals surface area (Å²) in [5.74, 6) is 1.46. The molecular weight excluding hydrogens is 244 g/mol. The Morgan fingerprint density at radius 2 is 2.26 bits per heavy atom. The fraction of sp³-hybridized carbons (Fsp3) is 0.692. The van der Waals surface area contributed by atoms with Crippen LogP contribution in [-0.4, -0.2) is 49.0 Å².